The molecule has 0 saturated heterocycles. The van der Waals surface area contributed by atoms with Crippen LogP contribution in [0.2, 0.25) is 0 Å². The molecule has 8 nitrogen and oxygen atoms in total. The van der Waals surface area contributed by atoms with Crippen LogP contribution in [0, 0.1) is 28.3 Å². The van der Waals surface area contributed by atoms with Crippen LogP contribution in [-0.4, -0.2) is 36.1 Å². The largest absolute Gasteiger partial charge is 0.345 e. The number of fused-ring (bicyclic) bond motifs is 1. The second-order valence-corrected chi connectivity index (χ2v) is 11.3. The number of halogens is 3. The third kappa shape index (κ3) is 5.03. The molecule has 3 aromatic heterocycles. The number of rotatable bonds is 9. The summed E-state index contributed by atoms with van der Waals surface area (Å²) in [6.45, 7) is 0. The van der Waals surface area contributed by atoms with Crippen LogP contribution < -0.4 is 4.72 Å². The maximum absolute atomic E-state index is 15.5. The van der Waals surface area contributed by atoms with Crippen LogP contribution in [0.15, 0.2) is 71.9 Å². The van der Waals surface area contributed by atoms with Gasteiger partial charge in [0, 0.05) is 51.3 Å². The Morgan fingerprint density at radius 3 is 2.65 bits per heavy atom. The number of aromatic amines is 1. The van der Waals surface area contributed by atoms with Crippen molar-refractivity contribution in [3.05, 3.63) is 100 Å². The lowest BCUT2D eigenvalue weighted by atomic mass is 10.0. The Morgan fingerprint density at radius 2 is 1.90 bits per heavy atom. The van der Waals surface area contributed by atoms with E-state index in [1.807, 2.05) is 4.72 Å². The van der Waals surface area contributed by atoms with Gasteiger partial charge in [0.25, 0.3) is 10.0 Å². The highest BCUT2D eigenvalue weighted by Gasteiger charge is 2.27. The lowest BCUT2D eigenvalue weighted by molar-refractivity contribution is 0.103. The van der Waals surface area contributed by atoms with Crippen molar-refractivity contribution in [2.24, 2.45) is 0 Å². The summed E-state index contributed by atoms with van der Waals surface area (Å²) in [5.41, 5.74) is -0.616. The number of benzene rings is 2. The summed E-state index contributed by atoms with van der Waals surface area (Å²) in [4.78, 5) is 21.4. The number of H-pyrrole nitrogens is 1. The minimum Gasteiger partial charge on any atom is -0.345 e. The van der Waals surface area contributed by atoms with Gasteiger partial charge >= 0.3 is 0 Å². The lowest BCUT2D eigenvalue weighted by Crippen LogP contribution is -2.16. The van der Waals surface area contributed by atoms with E-state index in [9.17, 15) is 22.0 Å². The summed E-state index contributed by atoms with van der Waals surface area (Å²) in [5.74, 6) is -4.51. The van der Waals surface area contributed by atoms with Gasteiger partial charge in [0.1, 0.15) is 17.3 Å². The first-order valence-corrected chi connectivity index (χ1v) is 13.8. The molecule has 0 spiro atoms. The molecular weight excluding hydrogens is 563 g/mol. The van der Waals surface area contributed by atoms with E-state index in [2.05, 4.69) is 9.97 Å². The van der Waals surface area contributed by atoms with E-state index in [-0.39, 0.29) is 28.7 Å². The Bertz CT molecular complexity index is 1930. The Morgan fingerprint density at radius 1 is 1.10 bits per heavy atom. The van der Waals surface area contributed by atoms with Crippen LogP contribution >= 0.6 is 11.3 Å². The van der Waals surface area contributed by atoms with Crippen molar-refractivity contribution in [3.8, 4) is 10.4 Å². The van der Waals surface area contributed by atoms with Crippen molar-refractivity contribution >= 4 is 55.8 Å². The van der Waals surface area contributed by atoms with Gasteiger partial charge in [-0.15, -0.1) is 11.3 Å². The summed E-state index contributed by atoms with van der Waals surface area (Å²) in [6.07, 6.45) is 4.12. The van der Waals surface area contributed by atoms with Crippen LogP contribution in [0.1, 0.15) is 27.2 Å². The molecule has 0 fully saturated rings. The molecule has 40 heavy (non-hydrogen) atoms. The SMILES string of the molecule is N=CCC(=N)c1ccc(-c2cnc3[nH]cc(C(=O)c4c(F)ccc(NS(=O)(=O)c5cccc(F)c5)c4F)c3c2)s1. The van der Waals surface area contributed by atoms with Gasteiger partial charge in [0.15, 0.2) is 5.82 Å². The van der Waals surface area contributed by atoms with E-state index in [4.69, 9.17) is 10.8 Å². The number of anilines is 1. The summed E-state index contributed by atoms with van der Waals surface area (Å²) in [5, 5.41) is 15.5. The molecule has 0 saturated carbocycles. The number of aromatic nitrogens is 2. The molecule has 5 aromatic rings. The molecule has 13 heteroatoms. The first-order valence-electron chi connectivity index (χ1n) is 11.5. The highest BCUT2D eigenvalue weighted by Crippen LogP contribution is 2.33. The molecule has 0 aliphatic heterocycles. The normalized spacial score (nSPS) is 11.5. The van der Waals surface area contributed by atoms with E-state index >= 15 is 4.39 Å². The number of nitrogens with zero attached hydrogens (tertiary/aromatic N) is 1. The third-order valence-electron chi connectivity index (χ3n) is 5.94. The van der Waals surface area contributed by atoms with E-state index in [0.29, 0.717) is 10.4 Å². The Hall–Kier alpha value is -4.62. The second kappa shape index (κ2) is 10.5. The lowest BCUT2D eigenvalue weighted by Gasteiger charge is -2.12. The molecule has 2 aromatic carbocycles. The minimum atomic E-state index is -4.45. The quantitative estimate of drug-likeness (QED) is 0.122. The Kier molecular flexibility index (Phi) is 7.08. The van der Waals surface area contributed by atoms with Crippen LogP contribution in [0.3, 0.4) is 0 Å². The molecule has 0 aliphatic rings. The van der Waals surface area contributed by atoms with Gasteiger partial charge < -0.3 is 15.8 Å². The Labute approximate surface area is 229 Å². The monoisotopic (exact) mass is 581 g/mol. The standard InChI is InChI=1S/C27H18F3N5O3S2/c28-15-2-1-3-16(11-15)40(37,38)35-21-5-4-19(29)24(25(21)30)26(36)18-13-34-27-17(18)10-14(12-33-27)22-6-7-23(39-22)20(32)8-9-31/h1-7,9-13,31-32,35H,8H2,(H,33,34). The number of ketones is 1. The number of nitrogens with one attached hydrogen (secondary N) is 4. The maximum Gasteiger partial charge on any atom is 0.262 e. The summed E-state index contributed by atoms with van der Waals surface area (Å²) < 4.78 is 71.1. The van der Waals surface area contributed by atoms with Gasteiger partial charge in [-0.1, -0.05) is 6.07 Å². The molecule has 0 bridgehead atoms. The number of carbonyl (C=O) groups excluding carboxylic acids is 1. The number of hydrogen-bond acceptors (Lipinski definition) is 7. The molecule has 3 heterocycles. The van der Waals surface area contributed by atoms with Gasteiger partial charge in [-0.3, -0.25) is 9.52 Å². The van der Waals surface area contributed by atoms with Crippen molar-refractivity contribution in [1.82, 2.24) is 9.97 Å². The topological polar surface area (TPSA) is 140 Å². The van der Waals surface area contributed by atoms with Crippen LogP contribution in [0.4, 0.5) is 18.9 Å². The number of carbonyl (C=O) groups is 1. The van der Waals surface area contributed by atoms with E-state index in [1.54, 1.807) is 24.4 Å². The fraction of sp³-hybridized carbons (Fsp3) is 0.0370. The van der Waals surface area contributed by atoms with Crippen molar-refractivity contribution in [2.45, 2.75) is 11.3 Å². The predicted molar refractivity (Wildman–Crippen MR) is 147 cm³/mol. The van der Waals surface area contributed by atoms with Crippen molar-refractivity contribution in [1.29, 1.82) is 10.8 Å². The molecule has 4 N–H and O–H groups in total. The average Bonchev–Trinajstić information content (AvgIpc) is 3.58. The zero-order valence-electron chi connectivity index (χ0n) is 20.3. The molecule has 0 amide bonds. The zero-order valence-corrected chi connectivity index (χ0v) is 21.9. The molecule has 5 rings (SSSR count). The third-order valence-corrected chi connectivity index (χ3v) is 8.50. The van der Waals surface area contributed by atoms with E-state index < -0.39 is 49.4 Å². The van der Waals surface area contributed by atoms with Gasteiger partial charge in [-0.2, -0.15) is 0 Å². The van der Waals surface area contributed by atoms with Crippen molar-refractivity contribution < 1.29 is 26.4 Å². The molecule has 0 atom stereocenters. The van der Waals surface area contributed by atoms with Crippen LogP contribution in [-0.2, 0) is 10.0 Å². The highest BCUT2D eigenvalue weighted by molar-refractivity contribution is 7.92. The van der Waals surface area contributed by atoms with Gasteiger partial charge in [-0.05, 0) is 48.5 Å². The summed E-state index contributed by atoms with van der Waals surface area (Å²) in [7, 11) is -4.45. The smallest absolute Gasteiger partial charge is 0.262 e. The maximum atomic E-state index is 15.5. The number of pyridine rings is 1. The predicted octanol–water partition coefficient (Wildman–Crippen LogP) is 6.15. The number of sulfonamides is 1. The van der Waals surface area contributed by atoms with Gasteiger partial charge in [-0.25, -0.2) is 26.6 Å². The van der Waals surface area contributed by atoms with E-state index in [0.717, 1.165) is 47.5 Å². The minimum absolute atomic E-state index is 0.0967. The molecule has 0 radical (unpaired) electrons. The molecule has 202 valence electrons. The molecule has 0 aliphatic carbocycles. The highest BCUT2D eigenvalue weighted by atomic mass is 32.2. The fourth-order valence-electron chi connectivity index (χ4n) is 4.00. The summed E-state index contributed by atoms with van der Waals surface area (Å²) >= 11 is 1.30. The zero-order chi connectivity index (χ0) is 28.6. The van der Waals surface area contributed by atoms with Crippen molar-refractivity contribution in [2.75, 3.05) is 4.72 Å². The molecule has 0 unspecified atom stereocenters. The summed E-state index contributed by atoms with van der Waals surface area (Å²) in [6, 6.07) is 10.7. The van der Waals surface area contributed by atoms with Gasteiger partial charge in [0.05, 0.1) is 21.9 Å². The average molecular weight is 582 g/mol. The number of hydrogen-bond donors (Lipinski definition) is 4. The Balaban J connectivity index is 1.51. The molecular formula is C27H18F3N5O3S2. The van der Waals surface area contributed by atoms with Crippen molar-refractivity contribution in [3.63, 3.8) is 0 Å². The first kappa shape index (κ1) is 27.0. The second-order valence-electron chi connectivity index (χ2n) is 8.55. The van der Waals surface area contributed by atoms with Crippen LogP contribution in [0.5, 0.6) is 0 Å². The first-order chi connectivity index (χ1) is 19.1. The van der Waals surface area contributed by atoms with E-state index in [1.165, 1.54) is 17.5 Å². The van der Waals surface area contributed by atoms with Gasteiger partial charge in [0.2, 0.25) is 5.78 Å². The number of thiophene rings is 1. The van der Waals surface area contributed by atoms with Crippen LogP contribution in [0.25, 0.3) is 21.5 Å². The fourth-order valence-corrected chi connectivity index (χ4v) is 6.03.